The van der Waals surface area contributed by atoms with Crippen LogP contribution in [0.15, 0.2) is 36.0 Å². The van der Waals surface area contributed by atoms with Crippen LogP contribution in [0.5, 0.6) is 0 Å². The van der Waals surface area contributed by atoms with Crippen LogP contribution >= 0.6 is 0 Å². The molecule has 2 fully saturated rings. The monoisotopic (exact) mass is 349 g/mol. The van der Waals surface area contributed by atoms with Crippen LogP contribution in [0.25, 0.3) is 0 Å². The van der Waals surface area contributed by atoms with Gasteiger partial charge in [-0.1, -0.05) is 12.0 Å². The molecule has 136 valence electrons. The number of nitrogens with one attached hydrogen (secondary N) is 3. The summed E-state index contributed by atoms with van der Waals surface area (Å²) in [4.78, 5) is 12.5. The van der Waals surface area contributed by atoms with Crippen LogP contribution in [-0.2, 0) is 0 Å². The fourth-order valence-electron chi connectivity index (χ4n) is 3.57. The van der Waals surface area contributed by atoms with E-state index in [4.69, 9.17) is 0 Å². The largest absolute Gasteiger partial charge is 0.378 e. The van der Waals surface area contributed by atoms with Gasteiger partial charge in [-0.25, -0.2) is 0 Å². The lowest BCUT2D eigenvalue weighted by atomic mass is 9.76. The second-order valence-corrected chi connectivity index (χ2v) is 7.75. The van der Waals surface area contributed by atoms with Crippen LogP contribution in [0.3, 0.4) is 0 Å². The van der Waals surface area contributed by atoms with Crippen molar-refractivity contribution in [1.29, 1.82) is 0 Å². The van der Waals surface area contributed by atoms with Gasteiger partial charge in [0.2, 0.25) is 0 Å². The minimum atomic E-state index is 0.00466. The highest BCUT2D eigenvalue weighted by atomic mass is 16.1. The molecule has 4 heteroatoms. The molecule has 0 spiro atoms. The molecule has 1 aromatic rings. The van der Waals surface area contributed by atoms with Crippen LogP contribution in [0.4, 0.5) is 0 Å². The number of hydrogen-bond donors (Lipinski definition) is 3. The molecule has 0 aromatic heterocycles. The van der Waals surface area contributed by atoms with Gasteiger partial charge < -0.3 is 16.0 Å². The third-order valence-electron chi connectivity index (χ3n) is 5.52. The van der Waals surface area contributed by atoms with E-state index in [1.165, 1.54) is 38.5 Å². The van der Waals surface area contributed by atoms with Gasteiger partial charge in [0.15, 0.2) is 0 Å². The van der Waals surface area contributed by atoms with Crippen molar-refractivity contribution < 1.29 is 4.79 Å². The smallest absolute Gasteiger partial charge is 0.251 e. The highest BCUT2D eigenvalue weighted by Crippen LogP contribution is 2.35. The second kappa shape index (κ2) is 7.55. The predicted octanol–water partition coefficient (Wildman–Crippen LogP) is 2.71. The second-order valence-electron chi connectivity index (χ2n) is 7.75. The van der Waals surface area contributed by atoms with E-state index >= 15 is 0 Å². The summed E-state index contributed by atoms with van der Waals surface area (Å²) in [6.45, 7) is 1.72. The van der Waals surface area contributed by atoms with E-state index in [0.29, 0.717) is 11.6 Å². The first-order valence-electron chi connectivity index (χ1n) is 9.85. The maximum absolute atomic E-state index is 12.5. The molecule has 3 aliphatic rings. The number of benzene rings is 1. The summed E-state index contributed by atoms with van der Waals surface area (Å²) >= 11 is 0. The van der Waals surface area contributed by atoms with Crippen LogP contribution in [-0.4, -0.2) is 30.6 Å². The standard InChI is InChI=1S/C22H27N3O/c26-21(24-16-22(13-3-14-22)25-20-11-12-20)18-8-5-17(6-9-18)7-10-19-4-1-2-15-23-19/h4-6,8-9,20,23,25H,1-3,11-16H2,(H,24,26). The lowest BCUT2D eigenvalue weighted by Gasteiger charge is -2.43. The topological polar surface area (TPSA) is 53.2 Å². The van der Waals surface area contributed by atoms with Gasteiger partial charge in [0.05, 0.1) is 5.70 Å². The van der Waals surface area contributed by atoms with E-state index < -0.39 is 0 Å². The summed E-state index contributed by atoms with van der Waals surface area (Å²) in [5.41, 5.74) is 2.78. The van der Waals surface area contributed by atoms with Crippen molar-refractivity contribution in [1.82, 2.24) is 16.0 Å². The molecule has 4 nitrogen and oxygen atoms in total. The summed E-state index contributed by atoms with van der Waals surface area (Å²) in [5, 5.41) is 10.1. The van der Waals surface area contributed by atoms with E-state index in [9.17, 15) is 4.79 Å². The van der Waals surface area contributed by atoms with E-state index in [1.807, 2.05) is 24.3 Å². The summed E-state index contributed by atoms with van der Waals surface area (Å²) in [6.07, 6.45) is 10.6. The van der Waals surface area contributed by atoms with Gasteiger partial charge in [0, 0.05) is 35.8 Å². The normalized spacial score (nSPS) is 20.7. The van der Waals surface area contributed by atoms with Crippen molar-refractivity contribution >= 4 is 5.91 Å². The zero-order valence-corrected chi connectivity index (χ0v) is 15.2. The van der Waals surface area contributed by atoms with Crippen LogP contribution in [0.1, 0.15) is 60.9 Å². The van der Waals surface area contributed by atoms with Crippen LogP contribution in [0.2, 0.25) is 0 Å². The molecule has 0 unspecified atom stereocenters. The number of allylic oxidation sites excluding steroid dienone is 2. The third-order valence-corrected chi connectivity index (χ3v) is 5.52. The molecule has 1 heterocycles. The van der Waals surface area contributed by atoms with Crippen molar-refractivity contribution in [3.8, 4) is 11.8 Å². The fourth-order valence-corrected chi connectivity index (χ4v) is 3.57. The Morgan fingerprint density at radius 3 is 2.58 bits per heavy atom. The Hall–Kier alpha value is -2.25. The average Bonchev–Trinajstić information content (AvgIpc) is 3.47. The summed E-state index contributed by atoms with van der Waals surface area (Å²) < 4.78 is 0. The average molecular weight is 349 g/mol. The first kappa shape index (κ1) is 17.2. The van der Waals surface area contributed by atoms with Gasteiger partial charge >= 0.3 is 0 Å². The summed E-state index contributed by atoms with van der Waals surface area (Å²) in [6, 6.07) is 8.26. The number of carbonyl (C=O) groups is 1. The van der Waals surface area contributed by atoms with Crippen molar-refractivity contribution in [3.05, 3.63) is 47.2 Å². The van der Waals surface area contributed by atoms with Crippen LogP contribution in [0, 0.1) is 11.8 Å². The highest BCUT2D eigenvalue weighted by molar-refractivity contribution is 5.94. The molecule has 1 aromatic carbocycles. The molecule has 1 aliphatic heterocycles. The van der Waals surface area contributed by atoms with Crippen molar-refractivity contribution in [2.45, 2.75) is 56.5 Å². The Kier molecular flexibility index (Phi) is 4.99. The maximum Gasteiger partial charge on any atom is 0.251 e. The Bertz CT molecular complexity index is 746. The van der Waals surface area contributed by atoms with Gasteiger partial charge in [0.25, 0.3) is 5.91 Å². The van der Waals surface area contributed by atoms with Gasteiger partial charge in [-0.3, -0.25) is 4.79 Å². The molecule has 3 N–H and O–H groups in total. The van der Waals surface area contributed by atoms with Gasteiger partial charge in [0.1, 0.15) is 0 Å². The van der Waals surface area contributed by atoms with E-state index in [1.54, 1.807) is 0 Å². The van der Waals surface area contributed by atoms with Crippen molar-refractivity contribution in [3.63, 3.8) is 0 Å². The van der Waals surface area contributed by atoms with E-state index in [2.05, 4.69) is 33.9 Å². The predicted molar refractivity (Wildman–Crippen MR) is 104 cm³/mol. The minimum Gasteiger partial charge on any atom is -0.378 e. The third kappa shape index (κ3) is 4.28. The maximum atomic E-state index is 12.5. The molecule has 2 saturated carbocycles. The first-order chi connectivity index (χ1) is 12.7. The summed E-state index contributed by atoms with van der Waals surface area (Å²) in [7, 11) is 0. The quantitative estimate of drug-likeness (QED) is 0.717. The van der Waals surface area contributed by atoms with Crippen molar-refractivity contribution in [2.75, 3.05) is 13.1 Å². The lowest BCUT2D eigenvalue weighted by Crippen LogP contribution is -2.58. The zero-order valence-electron chi connectivity index (χ0n) is 15.2. The summed E-state index contributed by atoms with van der Waals surface area (Å²) in [5.74, 6) is 6.33. The molecule has 0 bridgehead atoms. The number of rotatable bonds is 5. The Morgan fingerprint density at radius 1 is 1.15 bits per heavy atom. The molecule has 0 saturated heterocycles. The fraction of sp³-hybridized carbons (Fsp3) is 0.500. The molecular formula is C22H27N3O. The molecule has 0 radical (unpaired) electrons. The number of carbonyl (C=O) groups excluding carboxylic acids is 1. The molecule has 1 amide bonds. The van der Waals surface area contributed by atoms with Crippen molar-refractivity contribution in [2.24, 2.45) is 0 Å². The molecule has 0 atom stereocenters. The van der Waals surface area contributed by atoms with Gasteiger partial charge in [-0.05, 0) is 75.1 Å². The van der Waals surface area contributed by atoms with E-state index in [-0.39, 0.29) is 11.4 Å². The molecule has 2 aliphatic carbocycles. The zero-order chi connectivity index (χ0) is 17.8. The minimum absolute atomic E-state index is 0.00466. The van der Waals surface area contributed by atoms with Gasteiger partial charge in [-0.2, -0.15) is 0 Å². The van der Waals surface area contributed by atoms with Crippen LogP contribution < -0.4 is 16.0 Å². The van der Waals surface area contributed by atoms with Gasteiger partial charge in [-0.15, -0.1) is 0 Å². The van der Waals surface area contributed by atoms with E-state index in [0.717, 1.165) is 30.8 Å². The Balaban J connectivity index is 1.32. The highest BCUT2D eigenvalue weighted by Gasteiger charge is 2.41. The first-order valence-corrected chi connectivity index (χ1v) is 9.85. The number of amides is 1. The Morgan fingerprint density at radius 2 is 1.96 bits per heavy atom. The lowest BCUT2D eigenvalue weighted by molar-refractivity contribution is 0.0911. The molecular weight excluding hydrogens is 322 g/mol. The Labute approximate surface area is 155 Å². The number of hydrogen-bond acceptors (Lipinski definition) is 3. The SMILES string of the molecule is O=C(NCC1(NC2CC2)CCC1)c1ccc(C#CC2=CCCCN2)cc1. The molecule has 4 rings (SSSR count). The molecule has 26 heavy (non-hydrogen) atoms.